The molecule has 1 atom stereocenters. The molecule has 2 aromatic rings. The van der Waals surface area contributed by atoms with Crippen molar-refractivity contribution in [2.24, 2.45) is 5.92 Å². The fourth-order valence-corrected chi connectivity index (χ4v) is 2.16. The van der Waals surface area contributed by atoms with Crippen molar-refractivity contribution in [3.05, 3.63) is 66.2 Å². The van der Waals surface area contributed by atoms with Crippen LogP contribution in [0, 0.1) is 5.92 Å². The summed E-state index contributed by atoms with van der Waals surface area (Å²) in [5, 5.41) is 3.67. The van der Waals surface area contributed by atoms with Crippen LogP contribution in [0.5, 0.6) is 0 Å². The minimum absolute atomic E-state index is 0.0530. The SMILES string of the molecule is CC(C)C(C)(Nc1ccccc1)c1ccccc1. The van der Waals surface area contributed by atoms with E-state index in [4.69, 9.17) is 0 Å². The van der Waals surface area contributed by atoms with Crippen molar-refractivity contribution < 1.29 is 0 Å². The highest BCUT2D eigenvalue weighted by Gasteiger charge is 2.29. The molecule has 94 valence electrons. The molecule has 0 fully saturated rings. The maximum Gasteiger partial charge on any atom is 0.0619 e. The van der Waals surface area contributed by atoms with Crippen LogP contribution in [-0.2, 0) is 5.54 Å². The normalized spacial score (nSPS) is 14.2. The van der Waals surface area contributed by atoms with E-state index in [1.807, 2.05) is 6.07 Å². The summed E-state index contributed by atoms with van der Waals surface area (Å²) in [6, 6.07) is 21.0. The number of anilines is 1. The monoisotopic (exact) mass is 239 g/mol. The molecule has 0 amide bonds. The van der Waals surface area contributed by atoms with E-state index >= 15 is 0 Å². The van der Waals surface area contributed by atoms with Gasteiger partial charge in [-0.2, -0.15) is 0 Å². The number of hydrogen-bond acceptors (Lipinski definition) is 1. The van der Waals surface area contributed by atoms with Crippen molar-refractivity contribution in [2.75, 3.05) is 5.32 Å². The first-order chi connectivity index (χ1) is 8.63. The predicted octanol–water partition coefficient (Wildman–Crippen LogP) is 4.67. The zero-order valence-electron chi connectivity index (χ0n) is 11.4. The third-order valence-electron chi connectivity index (χ3n) is 3.71. The van der Waals surface area contributed by atoms with Gasteiger partial charge < -0.3 is 5.32 Å². The molecule has 0 bridgehead atoms. The van der Waals surface area contributed by atoms with E-state index in [1.165, 1.54) is 5.56 Å². The molecular formula is C17H21N. The molecule has 18 heavy (non-hydrogen) atoms. The molecule has 0 aliphatic carbocycles. The average Bonchev–Trinajstić information content (AvgIpc) is 2.40. The van der Waals surface area contributed by atoms with Crippen LogP contribution < -0.4 is 5.32 Å². The van der Waals surface area contributed by atoms with E-state index in [-0.39, 0.29) is 5.54 Å². The van der Waals surface area contributed by atoms with Crippen LogP contribution in [0.1, 0.15) is 26.3 Å². The fourth-order valence-electron chi connectivity index (χ4n) is 2.16. The summed E-state index contributed by atoms with van der Waals surface area (Å²) in [6.07, 6.45) is 0. The van der Waals surface area contributed by atoms with Crippen molar-refractivity contribution in [1.82, 2.24) is 0 Å². The van der Waals surface area contributed by atoms with Gasteiger partial charge in [-0.25, -0.2) is 0 Å². The highest BCUT2D eigenvalue weighted by Crippen LogP contribution is 2.32. The molecule has 2 rings (SSSR count). The van der Waals surface area contributed by atoms with Gasteiger partial charge in [-0.1, -0.05) is 62.4 Å². The lowest BCUT2D eigenvalue weighted by Gasteiger charge is -2.36. The molecule has 0 aromatic heterocycles. The molecule has 0 spiro atoms. The number of hydrogen-bond donors (Lipinski definition) is 1. The first-order valence-electron chi connectivity index (χ1n) is 6.51. The Hall–Kier alpha value is -1.76. The molecule has 0 heterocycles. The first kappa shape index (κ1) is 12.7. The van der Waals surface area contributed by atoms with Gasteiger partial charge in [0.1, 0.15) is 0 Å². The lowest BCUT2D eigenvalue weighted by Crippen LogP contribution is -2.37. The summed E-state index contributed by atoms with van der Waals surface area (Å²) in [4.78, 5) is 0. The highest BCUT2D eigenvalue weighted by molar-refractivity contribution is 5.47. The Labute approximate surface area is 110 Å². The Morgan fingerprint density at radius 3 is 1.83 bits per heavy atom. The summed E-state index contributed by atoms with van der Waals surface area (Å²) in [7, 11) is 0. The number of benzene rings is 2. The molecule has 1 unspecified atom stereocenters. The Bertz CT molecular complexity index is 475. The van der Waals surface area contributed by atoms with E-state index in [1.54, 1.807) is 0 Å². The fraction of sp³-hybridized carbons (Fsp3) is 0.294. The van der Waals surface area contributed by atoms with E-state index in [9.17, 15) is 0 Å². The van der Waals surface area contributed by atoms with Gasteiger partial charge in [-0.3, -0.25) is 0 Å². The first-order valence-corrected chi connectivity index (χ1v) is 6.51. The second-order valence-electron chi connectivity index (χ2n) is 5.21. The van der Waals surface area contributed by atoms with Gasteiger partial charge >= 0.3 is 0 Å². The minimum Gasteiger partial charge on any atom is -0.376 e. The summed E-state index contributed by atoms with van der Waals surface area (Å²) in [5.74, 6) is 0.500. The van der Waals surface area contributed by atoms with Crippen LogP contribution in [0.3, 0.4) is 0 Å². The standard InChI is InChI=1S/C17H21N/c1-14(2)17(3,15-10-6-4-7-11-15)18-16-12-8-5-9-13-16/h4-14,18H,1-3H3. The Kier molecular flexibility index (Phi) is 3.71. The van der Waals surface area contributed by atoms with Gasteiger partial charge in [0.15, 0.2) is 0 Å². The second kappa shape index (κ2) is 5.26. The Morgan fingerprint density at radius 2 is 1.33 bits per heavy atom. The molecular weight excluding hydrogens is 218 g/mol. The van der Waals surface area contributed by atoms with Crippen LogP contribution in [0.15, 0.2) is 60.7 Å². The van der Waals surface area contributed by atoms with Crippen molar-refractivity contribution in [1.29, 1.82) is 0 Å². The van der Waals surface area contributed by atoms with Gasteiger partial charge in [0, 0.05) is 5.69 Å². The quantitative estimate of drug-likeness (QED) is 0.817. The number of rotatable bonds is 4. The van der Waals surface area contributed by atoms with Crippen molar-refractivity contribution >= 4 is 5.69 Å². The molecule has 0 saturated carbocycles. The van der Waals surface area contributed by atoms with Crippen molar-refractivity contribution in [3.8, 4) is 0 Å². The van der Waals surface area contributed by atoms with Crippen LogP contribution in [0.25, 0.3) is 0 Å². The van der Waals surface area contributed by atoms with Gasteiger partial charge in [0.2, 0.25) is 0 Å². The zero-order chi connectivity index (χ0) is 13.0. The van der Waals surface area contributed by atoms with Crippen molar-refractivity contribution in [2.45, 2.75) is 26.3 Å². The third-order valence-corrected chi connectivity index (χ3v) is 3.71. The maximum absolute atomic E-state index is 3.67. The highest BCUT2D eigenvalue weighted by atomic mass is 15.0. The average molecular weight is 239 g/mol. The molecule has 0 saturated heterocycles. The van der Waals surface area contributed by atoms with Gasteiger partial charge in [0.05, 0.1) is 5.54 Å². The molecule has 1 N–H and O–H groups in total. The lowest BCUT2D eigenvalue weighted by molar-refractivity contribution is 0.386. The second-order valence-corrected chi connectivity index (χ2v) is 5.21. The van der Waals surface area contributed by atoms with Crippen LogP contribution in [0.2, 0.25) is 0 Å². The topological polar surface area (TPSA) is 12.0 Å². The number of nitrogens with one attached hydrogen (secondary N) is 1. The van der Waals surface area contributed by atoms with Crippen LogP contribution >= 0.6 is 0 Å². The van der Waals surface area contributed by atoms with Gasteiger partial charge in [0.25, 0.3) is 0 Å². The molecule has 0 radical (unpaired) electrons. The Morgan fingerprint density at radius 1 is 0.833 bits per heavy atom. The summed E-state index contributed by atoms with van der Waals surface area (Å²) < 4.78 is 0. The van der Waals surface area contributed by atoms with E-state index < -0.39 is 0 Å². The van der Waals surface area contributed by atoms with Gasteiger partial charge in [-0.15, -0.1) is 0 Å². The van der Waals surface area contributed by atoms with E-state index in [2.05, 4.69) is 80.7 Å². The van der Waals surface area contributed by atoms with Gasteiger partial charge in [-0.05, 0) is 30.5 Å². The third kappa shape index (κ3) is 2.56. The van der Waals surface area contributed by atoms with Crippen LogP contribution in [-0.4, -0.2) is 0 Å². The van der Waals surface area contributed by atoms with E-state index in [0.717, 1.165) is 5.69 Å². The largest absolute Gasteiger partial charge is 0.376 e. The summed E-state index contributed by atoms with van der Waals surface area (Å²) in [6.45, 7) is 6.77. The summed E-state index contributed by atoms with van der Waals surface area (Å²) in [5.41, 5.74) is 2.43. The van der Waals surface area contributed by atoms with E-state index in [0.29, 0.717) is 5.92 Å². The molecule has 1 heteroatoms. The molecule has 1 nitrogen and oxygen atoms in total. The summed E-state index contributed by atoms with van der Waals surface area (Å²) >= 11 is 0. The number of para-hydroxylation sites is 1. The Balaban J connectivity index is 2.34. The van der Waals surface area contributed by atoms with Crippen LogP contribution in [0.4, 0.5) is 5.69 Å². The predicted molar refractivity (Wildman–Crippen MR) is 78.7 cm³/mol. The molecule has 0 aliphatic rings. The van der Waals surface area contributed by atoms with Crippen molar-refractivity contribution in [3.63, 3.8) is 0 Å². The zero-order valence-corrected chi connectivity index (χ0v) is 11.4. The molecule has 0 aliphatic heterocycles. The minimum atomic E-state index is -0.0530. The molecule has 2 aromatic carbocycles. The smallest absolute Gasteiger partial charge is 0.0619 e. The maximum atomic E-state index is 3.67. The lowest BCUT2D eigenvalue weighted by atomic mass is 9.81.